The van der Waals surface area contributed by atoms with Crippen LogP contribution in [0, 0.1) is 6.92 Å². The van der Waals surface area contributed by atoms with Gasteiger partial charge in [-0.25, -0.2) is 10.4 Å². The molecule has 0 saturated heterocycles. The third-order valence-electron chi connectivity index (χ3n) is 2.91. The number of rotatable bonds is 4. The van der Waals surface area contributed by atoms with E-state index in [4.69, 9.17) is 17.4 Å². The number of nitrogens with zero attached hydrogens (tertiary/aromatic N) is 2. The van der Waals surface area contributed by atoms with Gasteiger partial charge in [0.2, 0.25) is 0 Å². The van der Waals surface area contributed by atoms with Crippen molar-refractivity contribution in [2.75, 3.05) is 0 Å². The third-order valence-corrected chi connectivity index (χ3v) is 3.13. The topological polar surface area (TPSA) is 55.9 Å². The molecule has 0 saturated carbocycles. The third kappa shape index (κ3) is 2.56. The van der Waals surface area contributed by atoms with Crippen LogP contribution in [0.3, 0.4) is 0 Å². The van der Waals surface area contributed by atoms with Crippen molar-refractivity contribution in [3.63, 3.8) is 0 Å². The van der Waals surface area contributed by atoms with Gasteiger partial charge in [-0.3, -0.25) is 5.84 Å². The van der Waals surface area contributed by atoms with Gasteiger partial charge in [-0.1, -0.05) is 17.7 Å². The molecule has 4 nitrogen and oxygen atoms in total. The lowest BCUT2D eigenvalue weighted by atomic mass is 10.0. The highest BCUT2D eigenvalue weighted by atomic mass is 35.5. The molecular weight excluding hydrogens is 248 g/mol. The maximum absolute atomic E-state index is 6.09. The second-order valence-corrected chi connectivity index (χ2v) is 4.67. The van der Waals surface area contributed by atoms with Gasteiger partial charge < -0.3 is 4.57 Å². The lowest BCUT2D eigenvalue weighted by molar-refractivity contribution is 0.561. The van der Waals surface area contributed by atoms with E-state index < -0.39 is 0 Å². The van der Waals surface area contributed by atoms with Gasteiger partial charge in [0.1, 0.15) is 11.9 Å². The quantitative estimate of drug-likeness (QED) is 0.659. The van der Waals surface area contributed by atoms with Crippen molar-refractivity contribution in [1.82, 2.24) is 15.0 Å². The highest BCUT2D eigenvalue weighted by molar-refractivity contribution is 6.30. The zero-order chi connectivity index (χ0) is 13.1. The van der Waals surface area contributed by atoms with E-state index in [1.165, 1.54) is 0 Å². The molecule has 1 aromatic heterocycles. The van der Waals surface area contributed by atoms with Crippen LogP contribution in [0.25, 0.3) is 0 Å². The minimum atomic E-state index is -0.155. The Morgan fingerprint density at radius 2 is 2.22 bits per heavy atom. The average Bonchev–Trinajstić information content (AvgIpc) is 2.77. The summed E-state index contributed by atoms with van der Waals surface area (Å²) in [6.45, 7) is 4.93. The Labute approximate surface area is 112 Å². The lowest BCUT2D eigenvalue weighted by Crippen LogP contribution is -2.31. The minimum Gasteiger partial charge on any atom is -0.334 e. The molecule has 18 heavy (non-hydrogen) atoms. The molecule has 96 valence electrons. The Morgan fingerprint density at radius 1 is 1.44 bits per heavy atom. The zero-order valence-corrected chi connectivity index (χ0v) is 11.3. The van der Waals surface area contributed by atoms with Crippen LogP contribution in [0.4, 0.5) is 0 Å². The predicted molar refractivity (Wildman–Crippen MR) is 73.3 cm³/mol. The Morgan fingerprint density at radius 3 is 2.83 bits per heavy atom. The van der Waals surface area contributed by atoms with E-state index in [0.717, 1.165) is 23.5 Å². The van der Waals surface area contributed by atoms with Gasteiger partial charge in [0.25, 0.3) is 0 Å². The number of aromatic nitrogens is 2. The molecule has 0 fully saturated rings. The van der Waals surface area contributed by atoms with E-state index in [1.54, 1.807) is 6.20 Å². The molecule has 0 spiro atoms. The van der Waals surface area contributed by atoms with Gasteiger partial charge in [0.15, 0.2) is 0 Å². The molecule has 1 heterocycles. The zero-order valence-electron chi connectivity index (χ0n) is 10.5. The first-order valence-corrected chi connectivity index (χ1v) is 6.27. The molecule has 2 aromatic rings. The van der Waals surface area contributed by atoms with E-state index in [9.17, 15) is 0 Å². The smallest absolute Gasteiger partial charge is 0.131 e. The first-order valence-electron chi connectivity index (χ1n) is 5.90. The molecule has 1 unspecified atom stereocenters. The summed E-state index contributed by atoms with van der Waals surface area (Å²) in [5.74, 6) is 6.56. The Balaban J connectivity index is 2.45. The summed E-state index contributed by atoms with van der Waals surface area (Å²) in [6, 6.07) is 5.74. The number of hydrazine groups is 1. The second kappa shape index (κ2) is 5.52. The first-order chi connectivity index (χ1) is 8.65. The summed E-state index contributed by atoms with van der Waals surface area (Å²) in [6.07, 6.45) is 3.72. The van der Waals surface area contributed by atoms with E-state index in [1.807, 2.05) is 25.3 Å². The molecule has 0 aliphatic heterocycles. The Kier molecular flexibility index (Phi) is 4.01. The van der Waals surface area contributed by atoms with Crippen molar-refractivity contribution in [3.8, 4) is 0 Å². The fraction of sp³-hybridized carbons (Fsp3) is 0.308. The number of hydrogen-bond donors (Lipinski definition) is 2. The standard InChI is InChI=1S/C13H17ClN4/c1-3-18-5-4-16-13(18)12(17-15)10-6-9(2)7-11(14)8-10/h4-8,12,17H,3,15H2,1-2H3. The molecule has 5 heteroatoms. The van der Waals surface area contributed by atoms with Crippen LogP contribution in [0.2, 0.25) is 5.02 Å². The average molecular weight is 265 g/mol. The molecule has 2 rings (SSSR count). The van der Waals surface area contributed by atoms with Crippen molar-refractivity contribution in [3.05, 3.63) is 52.6 Å². The van der Waals surface area contributed by atoms with E-state index >= 15 is 0 Å². The molecule has 0 aliphatic carbocycles. The first kappa shape index (κ1) is 13.1. The van der Waals surface area contributed by atoms with Crippen LogP contribution in [0.5, 0.6) is 0 Å². The Hall–Kier alpha value is -1.36. The van der Waals surface area contributed by atoms with Crippen molar-refractivity contribution in [2.24, 2.45) is 5.84 Å². The van der Waals surface area contributed by atoms with Crippen LogP contribution in [-0.4, -0.2) is 9.55 Å². The minimum absolute atomic E-state index is 0.155. The molecule has 0 radical (unpaired) electrons. The molecular formula is C13H17ClN4. The van der Waals surface area contributed by atoms with Crippen LogP contribution in [0.15, 0.2) is 30.6 Å². The number of nitrogens with one attached hydrogen (secondary N) is 1. The summed E-state index contributed by atoms with van der Waals surface area (Å²) in [5.41, 5.74) is 4.93. The van der Waals surface area contributed by atoms with E-state index in [0.29, 0.717) is 5.02 Å². The normalized spacial score (nSPS) is 12.7. The monoisotopic (exact) mass is 264 g/mol. The highest BCUT2D eigenvalue weighted by Gasteiger charge is 2.18. The predicted octanol–water partition coefficient (Wildman–Crippen LogP) is 2.42. The van der Waals surface area contributed by atoms with Crippen LogP contribution < -0.4 is 11.3 Å². The van der Waals surface area contributed by atoms with Gasteiger partial charge in [-0.15, -0.1) is 0 Å². The maximum atomic E-state index is 6.09. The van der Waals surface area contributed by atoms with E-state index in [2.05, 4.69) is 28.0 Å². The van der Waals surface area contributed by atoms with Gasteiger partial charge in [-0.05, 0) is 37.1 Å². The number of benzene rings is 1. The number of nitrogens with two attached hydrogens (primary N) is 1. The lowest BCUT2D eigenvalue weighted by Gasteiger charge is -2.18. The van der Waals surface area contributed by atoms with E-state index in [-0.39, 0.29) is 6.04 Å². The number of halogens is 1. The number of hydrogen-bond acceptors (Lipinski definition) is 3. The van der Waals surface area contributed by atoms with Gasteiger partial charge >= 0.3 is 0 Å². The molecule has 0 amide bonds. The molecule has 3 N–H and O–H groups in total. The van der Waals surface area contributed by atoms with Crippen LogP contribution in [0.1, 0.15) is 29.9 Å². The van der Waals surface area contributed by atoms with Crippen molar-refractivity contribution in [1.29, 1.82) is 0 Å². The second-order valence-electron chi connectivity index (χ2n) is 4.23. The molecule has 1 aromatic carbocycles. The SMILES string of the molecule is CCn1ccnc1C(NN)c1cc(C)cc(Cl)c1. The maximum Gasteiger partial charge on any atom is 0.131 e. The highest BCUT2D eigenvalue weighted by Crippen LogP contribution is 2.24. The summed E-state index contributed by atoms with van der Waals surface area (Å²) < 4.78 is 2.06. The fourth-order valence-corrected chi connectivity index (χ4v) is 2.40. The van der Waals surface area contributed by atoms with Crippen LogP contribution >= 0.6 is 11.6 Å². The van der Waals surface area contributed by atoms with Crippen molar-refractivity contribution >= 4 is 11.6 Å². The van der Waals surface area contributed by atoms with Crippen molar-refractivity contribution in [2.45, 2.75) is 26.4 Å². The number of aryl methyl sites for hydroxylation is 2. The summed E-state index contributed by atoms with van der Waals surface area (Å²) in [4.78, 5) is 4.37. The fourth-order valence-electron chi connectivity index (χ4n) is 2.10. The largest absolute Gasteiger partial charge is 0.334 e. The van der Waals surface area contributed by atoms with Crippen LogP contribution in [-0.2, 0) is 6.54 Å². The summed E-state index contributed by atoms with van der Waals surface area (Å²) >= 11 is 6.09. The molecule has 0 bridgehead atoms. The summed E-state index contributed by atoms with van der Waals surface area (Å²) in [7, 11) is 0. The van der Waals surface area contributed by atoms with Gasteiger partial charge in [-0.2, -0.15) is 0 Å². The molecule has 1 atom stereocenters. The van der Waals surface area contributed by atoms with Gasteiger partial charge in [0, 0.05) is 24.0 Å². The molecule has 0 aliphatic rings. The summed E-state index contributed by atoms with van der Waals surface area (Å²) in [5, 5.41) is 0.708. The Bertz CT molecular complexity index is 515. The van der Waals surface area contributed by atoms with Gasteiger partial charge in [0.05, 0.1) is 0 Å². The van der Waals surface area contributed by atoms with Crippen molar-refractivity contribution < 1.29 is 0 Å². The number of imidazole rings is 1.